The van der Waals surface area contributed by atoms with Gasteiger partial charge >= 0.3 is 0 Å². The minimum absolute atomic E-state index is 0.247. The van der Waals surface area contributed by atoms with Crippen LogP contribution in [0.25, 0.3) is 0 Å². The summed E-state index contributed by atoms with van der Waals surface area (Å²) < 4.78 is 5.62. The number of hydrogen-bond acceptors (Lipinski definition) is 3. The van der Waals surface area contributed by atoms with Gasteiger partial charge in [-0.3, -0.25) is 0 Å². The maximum atomic E-state index is 8.98. The van der Waals surface area contributed by atoms with Crippen LogP contribution < -0.4 is 5.32 Å². The first-order valence-electron chi connectivity index (χ1n) is 5.68. The van der Waals surface area contributed by atoms with E-state index in [2.05, 4.69) is 18.3 Å². The summed E-state index contributed by atoms with van der Waals surface area (Å²) >= 11 is 0. The molecule has 2 rings (SSSR count). The highest BCUT2D eigenvalue weighted by Crippen LogP contribution is 2.21. The highest BCUT2D eigenvalue weighted by Gasteiger charge is 2.22. The van der Waals surface area contributed by atoms with Crippen LogP contribution in [0.5, 0.6) is 0 Å². The van der Waals surface area contributed by atoms with Gasteiger partial charge in [0.2, 0.25) is 0 Å². The summed E-state index contributed by atoms with van der Waals surface area (Å²) in [6.45, 7) is 2.96. The third-order valence-electron chi connectivity index (χ3n) is 2.95. The van der Waals surface area contributed by atoms with Crippen LogP contribution in [0.4, 0.5) is 5.69 Å². The first kappa shape index (κ1) is 11.0. The molecular formula is C13H16N2O. The van der Waals surface area contributed by atoms with E-state index < -0.39 is 0 Å². The molecule has 0 aliphatic carbocycles. The topological polar surface area (TPSA) is 45.0 Å². The molecular weight excluding hydrogens is 200 g/mol. The second-order valence-electron chi connectivity index (χ2n) is 4.14. The molecule has 1 aliphatic rings. The molecule has 3 heteroatoms. The lowest BCUT2D eigenvalue weighted by molar-refractivity contribution is 0.0996. The van der Waals surface area contributed by atoms with Gasteiger partial charge in [-0.15, -0.1) is 0 Å². The minimum atomic E-state index is 0.247. The zero-order valence-corrected chi connectivity index (χ0v) is 9.44. The molecule has 1 fully saturated rings. The van der Waals surface area contributed by atoms with E-state index in [4.69, 9.17) is 10.00 Å². The molecule has 2 unspecified atom stereocenters. The van der Waals surface area contributed by atoms with Gasteiger partial charge in [-0.1, -0.05) is 12.1 Å². The van der Waals surface area contributed by atoms with Crippen LogP contribution >= 0.6 is 0 Å². The SMILES string of the molecule is CC(Nc1ccccc1C#N)C1CCCO1. The summed E-state index contributed by atoms with van der Waals surface area (Å²) in [6.07, 6.45) is 2.51. The molecule has 1 N–H and O–H groups in total. The number of para-hydroxylation sites is 1. The van der Waals surface area contributed by atoms with Crippen molar-refractivity contribution >= 4 is 5.69 Å². The second kappa shape index (κ2) is 5.00. The first-order chi connectivity index (χ1) is 7.81. The molecule has 84 valence electrons. The van der Waals surface area contributed by atoms with Crippen molar-refractivity contribution in [1.82, 2.24) is 0 Å². The van der Waals surface area contributed by atoms with Crippen molar-refractivity contribution in [1.29, 1.82) is 5.26 Å². The predicted molar refractivity (Wildman–Crippen MR) is 63.2 cm³/mol. The van der Waals surface area contributed by atoms with Crippen molar-refractivity contribution in [2.45, 2.75) is 31.9 Å². The zero-order chi connectivity index (χ0) is 11.4. The molecule has 16 heavy (non-hydrogen) atoms. The van der Waals surface area contributed by atoms with Crippen LogP contribution in [0, 0.1) is 11.3 Å². The molecule has 2 atom stereocenters. The number of benzene rings is 1. The summed E-state index contributed by atoms with van der Waals surface area (Å²) in [5.41, 5.74) is 1.58. The molecule has 0 radical (unpaired) electrons. The quantitative estimate of drug-likeness (QED) is 0.844. The van der Waals surface area contributed by atoms with Gasteiger partial charge in [-0.25, -0.2) is 0 Å². The van der Waals surface area contributed by atoms with Crippen molar-refractivity contribution in [3.8, 4) is 6.07 Å². The van der Waals surface area contributed by atoms with Crippen LogP contribution in [0.3, 0.4) is 0 Å². The molecule has 3 nitrogen and oxygen atoms in total. The number of hydrogen-bond donors (Lipinski definition) is 1. The molecule has 1 aromatic carbocycles. The van der Waals surface area contributed by atoms with Crippen molar-refractivity contribution in [3.63, 3.8) is 0 Å². The highest BCUT2D eigenvalue weighted by atomic mass is 16.5. The van der Waals surface area contributed by atoms with Crippen LogP contribution in [0.2, 0.25) is 0 Å². The number of nitrogens with one attached hydrogen (secondary N) is 1. The van der Waals surface area contributed by atoms with E-state index in [1.54, 1.807) is 0 Å². The summed E-state index contributed by atoms with van der Waals surface area (Å²) in [7, 11) is 0. The Labute approximate surface area is 96.0 Å². The van der Waals surface area contributed by atoms with Crippen LogP contribution in [0.1, 0.15) is 25.3 Å². The minimum Gasteiger partial charge on any atom is -0.379 e. The molecule has 0 spiro atoms. The summed E-state index contributed by atoms with van der Waals surface area (Å²) in [6, 6.07) is 10.0. The van der Waals surface area contributed by atoms with Crippen LogP contribution in [0.15, 0.2) is 24.3 Å². The average Bonchev–Trinajstić information content (AvgIpc) is 2.83. The second-order valence-corrected chi connectivity index (χ2v) is 4.14. The van der Waals surface area contributed by atoms with Crippen molar-refractivity contribution < 1.29 is 4.74 Å². The Hall–Kier alpha value is -1.53. The fourth-order valence-corrected chi connectivity index (χ4v) is 2.04. The van der Waals surface area contributed by atoms with Gasteiger partial charge in [0.25, 0.3) is 0 Å². The molecule has 1 aliphatic heterocycles. The average molecular weight is 216 g/mol. The molecule has 1 heterocycles. The van der Waals surface area contributed by atoms with Gasteiger partial charge in [-0.05, 0) is 31.9 Å². The van der Waals surface area contributed by atoms with Gasteiger partial charge < -0.3 is 10.1 Å². The lowest BCUT2D eigenvalue weighted by Crippen LogP contribution is -2.30. The van der Waals surface area contributed by atoms with E-state index in [-0.39, 0.29) is 12.1 Å². The van der Waals surface area contributed by atoms with Gasteiger partial charge in [-0.2, -0.15) is 5.26 Å². The largest absolute Gasteiger partial charge is 0.379 e. The predicted octanol–water partition coefficient (Wildman–Crippen LogP) is 2.54. The number of nitriles is 1. The van der Waals surface area contributed by atoms with Gasteiger partial charge in [0.05, 0.1) is 17.4 Å². The molecule has 0 amide bonds. The van der Waals surface area contributed by atoms with Crippen LogP contribution in [-0.4, -0.2) is 18.8 Å². The van der Waals surface area contributed by atoms with Gasteiger partial charge in [0.1, 0.15) is 6.07 Å². The smallest absolute Gasteiger partial charge is 0.101 e. The van der Waals surface area contributed by atoms with Crippen LogP contribution in [-0.2, 0) is 4.74 Å². The van der Waals surface area contributed by atoms with Gasteiger partial charge in [0.15, 0.2) is 0 Å². The Balaban J connectivity index is 2.05. The van der Waals surface area contributed by atoms with E-state index in [9.17, 15) is 0 Å². The molecule has 0 aromatic heterocycles. The van der Waals surface area contributed by atoms with E-state index in [0.717, 1.165) is 25.1 Å². The highest BCUT2D eigenvalue weighted by molar-refractivity contribution is 5.57. The Morgan fingerprint density at radius 1 is 1.50 bits per heavy atom. The Kier molecular flexibility index (Phi) is 3.43. The molecule has 1 aromatic rings. The van der Waals surface area contributed by atoms with Crippen molar-refractivity contribution in [2.75, 3.05) is 11.9 Å². The van der Waals surface area contributed by atoms with E-state index in [1.807, 2.05) is 24.3 Å². The summed E-state index contributed by atoms with van der Waals surface area (Å²) in [5.74, 6) is 0. The zero-order valence-electron chi connectivity index (χ0n) is 9.44. The molecule has 0 bridgehead atoms. The number of anilines is 1. The third-order valence-corrected chi connectivity index (χ3v) is 2.95. The maximum Gasteiger partial charge on any atom is 0.101 e. The van der Waals surface area contributed by atoms with Gasteiger partial charge in [0, 0.05) is 12.6 Å². The monoisotopic (exact) mass is 216 g/mol. The standard InChI is InChI=1S/C13H16N2O/c1-10(13-7-4-8-16-13)15-12-6-3-2-5-11(12)9-14/h2-3,5-6,10,13,15H,4,7-8H2,1H3. The Morgan fingerprint density at radius 2 is 2.31 bits per heavy atom. The third kappa shape index (κ3) is 2.34. The molecule has 1 saturated heterocycles. The molecule has 0 saturated carbocycles. The summed E-state index contributed by atoms with van der Waals surface area (Å²) in [4.78, 5) is 0. The summed E-state index contributed by atoms with van der Waals surface area (Å²) in [5, 5.41) is 12.3. The van der Waals surface area contributed by atoms with E-state index >= 15 is 0 Å². The Morgan fingerprint density at radius 3 is 3.00 bits per heavy atom. The lowest BCUT2D eigenvalue weighted by atomic mass is 10.1. The first-order valence-corrected chi connectivity index (χ1v) is 5.68. The fourth-order valence-electron chi connectivity index (χ4n) is 2.04. The van der Waals surface area contributed by atoms with E-state index in [0.29, 0.717) is 5.56 Å². The van der Waals surface area contributed by atoms with Crippen molar-refractivity contribution in [2.24, 2.45) is 0 Å². The lowest BCUT2D eigenvalue weighted by Gasteiger charge is -2.21. The number of ether oxygens (including phenoxy) is 1. The normalized spacial score (nSPS) is 21.4. The maximum absolute atomic E-state index is 8.98. The fraction of sp³-hybridized carbons (Fsp3) is 0.462. The van der Waals surface area contributed by atoms with E-state index in [1.165, 1.54) is 0 Å². The Bertz CT molecular complexity index is 391. The number of rotatable bonds is 3. The number of nitrogens with zero attached hydrogens (tertiary/aromatic N) is 1. The van der Waals surface area contributed by atoms with Crippen molar-refractivity contribution in [3.05, 3.63) is 29.8 Å².